The van der Waals surface area contributed by atoms with Crippen LogP contribution in [0.25, 0.3) is 0 Å². The van der Waals surface area contributed by atoms with Gasteiger partial charge < -0.3 is 24.5 Å². The van der Waals surface area contributed by atoms with Crippen LogP contribution in [0.5, 0.6) is 0 Å². The van der Waals surface area contributed by atoms with Crippen LogP contribution in [0.4, 0.5) is 5.82 Å². The Morgan fingerprint density at radius 1 is 1.27 bits per heavy atom. The van der Waals surface area contributed by atoms with Crippen molar-refractivity contribution in [2.24, 2.45) is 7.05 Å². The van der Waals surface area contributed by atoms with Gasteiger partial charge in [-0.15, -0.1) is 0 Å². The number of anilines is 1. The van der Waals surface area contributed by atoms with E-state index in [9.17, 15) is 9.90 Å². The van der Waals surface area contributed by atoms with Crippen LogP contribution in [0.3, 0.4) is 0 Å². The first-order valence-electron chi connectivity index (χ1n) is 11.4. The molecule has 0 radical (unpaired) electrons. The summed E-state index contributed by atoms with van der Waals surface area (Å²) in [6.07, 6.45) is 4.31. The SMILES string of the molecule is Cc1c(SN2CCn3cccc3C2)cc(C(=O)NCc2cccnc2N2CCC(O)C2)n1C. The summed E-state index contributed by atoms with van der Waals surface area (Å²) in [7, 11) is 1.94. The third-order valence-electron chi connectivity index (χ3n) is 6.57. The number of aliphatic hydroxyl groups excluding tert-OH is 1. The molecule has 8 nitrogen and oxygen atoms in total. The number of rotatable bonds is 6. The summed E-state index contributed by atoms with van der Waals surface area (Å²) in [5.74, 6) is 0.736. The van der Waals surface area contributed by atoms with Gasteiger partial charge in [0.2, 0.25) is 0 Å². The predicted molar refractivity (Wildman–Crippen MR) is 129 cm³/mol. The summed E-state index contributed by atoms with van der Waals surface area (Å²) < 4.78 is 6.61. The largest absolute Gasteiger partial charge is 0.391 e. The Hall–Kier alpha value is -2.75. The van der Waals surface area contributed by atoms with Gasteiger partial charge in [-0.05, 0) is 49.6 Å². The fourth-order valence-corrected chi connectivity index (χ4v) is 5.62. The number of β-amino-alcohol motifs (C(OH)–C–C–N with tert-alkyl or cyclic N) is 1. The zero-order valence-corrected chi connectivity index (χ0v) is 19.9. The van der Waals surface area contributed by atoms with Crippen LogP contribution in [0.1, 0.15) is 33.9 Å². The smallest absolute Gasteiger partial charge is 0.268 e. The minimum absolute atomic E-state index is 0.101. The minimum atomic E-state index is -0.319. The summed E-state index contributed by atoms with van der Waals surface area (Å²) in [4.78, 5) is 20.8. The van der Waals surface area contributed by atoms with Gasteiger partial charge in [-0.3, -0.25) is 4.79 Å². The summed E-state index contributed by atoms with van der Waals surface area (Å²) in [5, 5.41) is 13.0. The second-order valence-corrected chi connectivity index (χ2v) is 9.88. The van der Waals surface area contributed by atoms with Gasteiger partial charge in [0.05, 0.1) is 6.10 Å². The van der Waals surface area contributed by atoms with Crippen LogP contribution in [-0.4, -0.2) is 55.2 Å². The van der Waals surface area contributed by atoms with E-state index in [4.69, 9.17) is 0 Å². The molecule has 1 unspecified atom stereocenters. The van der Waals surface area contributed by atoms with Gasteiger partial charge in [0, 0.05) is 80.6 Å². The number of carbonyl (C=O) groups excluding carboxylic acids is 1. The van der Waals surface area contributed by atoms with Gasteiger partial charge in [-0.25, -0.2) is 9.29 Å². The van der Waals surface area contributed by atoms with E-state index < -0.39 is 0 Å². The highest BCUT2D eigenvalue weighted by atomic mass is 32.2. The lowest BCUT2D eigenvalue weighted by molar-refractivity contribution is 0.0942. The third kappa shape index (κ3) is 4.53. The molecule has 2 aliphatic heterocycles. The molecule has 3 aromatic rings. The van der Waals surface area contributed by atoms with Crippen molar-refractivity contribution in [2.75, 3.05) is 24.5 Å². The number of aliphatic hydroxyl groups is 1. The molecule has 5 heterocycles. The van der Waals surface area contributed by atoms with Crippen molar-refractivity contribution in [2.45, 2.75) is 44.0 Å². The minimum Gasteiger partial charge on any atom is -0.391 e. The van der Waals surface area contributed by atoms with Crippen molar-refractivity contribution < 1.29 is 9.90 Å². The number of nitrogens with one attached hydrogen (secondary N) is 1. The molecule has 33 heavy (non-hydrogen) atoms. The van der Waals surface area contributed by atoms with Crippen LogP contribution in [0.2, 0.25) is 0 Å². The highest BCUT2D eigenvalue weighted by Crippen LogP contribution is 2.31. The number of hydrogen-bond acceptors (Lipinski definition) is 6. The summed E-state index contributed by atoms with van der Waals surface area (Å²) >= 11 is 1.72. The Morgan fingerprint density at radius 2 is 2.15 bits per heavy atom. The molecule has 0 bridgehead atoms. The molecule has 1 fully saturated rings. The Bertz CT molecular complexity index is 1160. The Labute approximate surface area is 198 Å². The van der Waals surface area contributed by atoms with Gasteiger partial charge in [0.1, 0.15) is 11.5 Å². The molecule has 1 atom stereocenters. The van der Waals surface area contributed by atoms with Crippen LogP contribution >= 0.6 is 11.9 Å². The normalized spacial score (nSPS) is 18.5. The average Bonchev–Trinajstić information content (AvgIpc) is 3.53. The molecule has 1 amide bonds. The standard InChI is InChI=1S/C24H30N6O2S/c1-17-22(33-30-12-11-28-9-4-6-19(28)15-30)13-21(27(17)2)24(32)26-14-18-5-3-8-25-23(18)29-10-7-20(31)16-29/h3-6,8-9,13,20,31H,7,10-12,14-16H2,1-2H3,(H,26,32). The number of fused-ring (bicyclic) bond motifs is 1. The van der Waals surface area contributed by atoms with Gasteiger partial charge in [-0.2, -0.15) is 0 Å². The number of hydrogen-bond donors (Lipinski definition) is 2. The number of amides is 1. The van der Waals surface area contributed by atoms with E-state index in [1.807, 2.05) is 29.8 Å². The van der Waals surface area contributed by atoms with Gasteiger partial charge in [0.25, 0.3) is 5.91 Å². The quantitative estimate of drug-likeness (QED) is 0.544. The first kappa shape index (κ1) is 22.1. The third-order valence-corrected chi connectivity index (χ3v) is 7.75. The summed E-state index contributed by atoms with van der Waals surface area (Å²) in [6.45, 7) is 6.65. The fourth-order valence-electron chi connectivity index (χ4n) is 4.54. The van der Waals surface area contributed by atoms with Gasteiger partial charge >= 0.3 is 0 Å². The van der Waals surface area contributed by atoms with E-state index in [0.29, 0.717) is 18.8 Å². The monoisotopic (exact) mass is 466 g/mol. The Balaban J connectivity index is 1.26. The van der Waals surface area contributed by atoms with E-state index >= 15 is 0 Å². The maximum Gasteiger partial charge on any atom is 0.268 e. The van der Waals surface area contributed by atoms with Crippen LogP contribution in [0, 0.1) is 6.92 Å². The zero-order valence-electron chi connectivity index (χ0n) is 19.1. The predicted octanol–water partition coefficient (Wildman–Crippen LogP) is 2.55. The van der Waals surface area contributed by atoms with Gasteiger partial charge in [0.15, 0.2) is 0 Å². The van der Waals surface area contributed by atoms with Crippen molar-refractivity contribution in [1.29, 1.82) is 0 Å². The Morgan fingerprint density at radius 3 is 2.97 bits per heavy atom. The molecule has 2 N–H and O–H groups in total. The lowest BCUT2D eigenvalue weighted by Crippen LogP contribution is -2.28. The van der Waals surface area contributed by atoms with Crippen molar-refractivity contribution in [3.8, 4) is 0 Å². The van der Waals surface area contributed by atoms with Gasteiger partial charge in [-0.1, -0.05) is 6.07 Å². The van der Waals surface area contributed by atoms with Crippen LogP contribution < -0.4 is 10.2 Å². The molecule has 5 rings (SSSR count). The molecular weight excluding hydrogens is 436 g/mol. The number of aromatic nitrogens is 3. The molecular formula is C24H30N6O2S. The van der Waals surface area contributed by atoms with Crippen molar-refractivity contribution in [1.82, 2.24) is 23.7 Å². The van der Waals surface area contributed by atoms with E-state index in [1.165, 1.54) is 5.69 Å². The highest BCUT2D eigenvalue weighted by Gasteiger charge is 2.24. The molecule has 0 aromatic carbocycles. The molecule has 174 valence electrons. The maximum absolute atomic E-state index is 13.1. The lowest BCUT2D eigenvalue weighted by atomic mass is 10.2. The van der Waals surface area contributed by atoms with Crippen LogP contribution in [-0.2, 0) is 26.7 Å². The van der Waals surface area contributed by atoms with Crippen LogP contribution in [0.15, 0.2) is 47.6 Å². The lowest BCUT2D eigenvalue weighted by Gasteiger charge is -2.27. The van der Waals surface area contributed by atoms with Crippen molar-refractivity contribution >= 4 is 23.7 Å². The van der Waals surface area contributed by atoms with E-state index in [-0.39, 0.29) is 12.0 Å². The molecule has 0 spiro atoms. The number of pyridine rings is 1. The topological polar surface area (TPSA) is 78.6 Å². The van der Waals surface area contributed by atoms with E-state index in [0.717, 1.165) is 54.6 Å². The first-order chi connectivity index (χ1) is 16.0. The number of carbonyl (C=O) groups is 1. The number of nitrogens with zero attached hydrogens (tertiary/aromatic N) is 5. The molecule has 3 aromatic heterocycles. The zero-order chi connectivity index (χ0) is 22.9. The van der Waals surface area contributed by atoms with Crippen molar-refractivity contribution in [3.05, 3.63) is 65.4 Å². The van der Waals surface area contributed by atoms with Crippen molar-refractivity contribution in [3.63, 3.8) is 0 Å². The molecule has 2 aliphatic rings. The molecule has 0 aliphatic carbocycles. The average molecular weight is 467 g/mol. The van der Waals surface area contributed by atoms with E-state index in [2.05, 4.69) is 49.3 Å². The summed E-state index contributed by atoms with van der Waals surface area (Å²) in [6, 6.07) is 10.1. The second kappa shape index (κ2) is 9.24. The maximum atomic E-state index is 13.1. The molecule has 1 saturated heterocycles. The summed E-state index contributed by atoms with van der Waals surface area (Å²) in [5.41, 5.74) is 4.01. The fraction of sp³-hybridized carbons (Fsp3) is 0.417. The molecule has 0 saturated carbocycles. The first-order valence-corrected chi connectivity index (χ1v) is 12.2. The highest BCUT2D eigenvalue weighted by molar-refractivity contribution is 7.97. The molecule has 9 heteroatoms. The van der Waals surface area contributed by atoms with E-state index in [1.54, 1.807) is 18.1 Å². The Kier molecular flexibility index (Phi) is 6.18. The second-order valence-electron chi connectivity index (χ2n) is 8.74.